The quantitative estimate of drug-likeness (QED) is 0.745. The van der Waals surface area contributed by atoms with Crippen molar-refractivity contribution in [3.63, 3.8) is 0 Å². The maximum atomic E-state index is 12.6. The van der Waals surface area contributed by atoms with Gasteiger partial charge in [0.25, 0.3) is 0 Å². The van der Waals surface area contributed by atoms with Gasteiger partial charge in [0, 0.05) is 19.1 Å². The number of ether oxygens (including phenoxy) is 2. The van der Waals surface area contributed by atoms with Crippen molar-refractivity contribution in [1.82, 2.24) is 15.5 Å². The molecule has 0 saturated carbocycles. The summed E-state index contributed by atoms with van der Waals surface area (Å²) in [6.45, 7) is 7.11. The lowest BCUT2D eigenvalue weighted by Gasteiger charge is -2.35. The Morgan fingerprint density at radius 3 is 2.82 bits per heavy atom. The molecule has 2 fully saturated rings. The van der Waals surface area contributed by atoms with Crippen LogP contribution in [0.4, 0.5) is 4.79 Å². The van der Waals surface area contributed by atoms with E-state index in [0.29, 0.717) is 12.6 Å². The molecule has 7 nitrogen and oxygen atoms in total. The zero-order valence-corrected chi connectivity index (χ0v) is 16.7. The molecule has 1 aromatic carbocycles. The minimum absolute atomic E-state index is 0.00357. The first kappa shape index (κ1) is 20.6. The molecule has 2 aliphatic heterocycles. The molecular weight excluding hydrogens is 358 g/mol. The molecule has 2 amide bonds. The average Bonchev–Trinajstić information content (AvgIpc) is 3.17. The number of carbonyl (C=O) groups is 2. The Morgan fingerprint density at radius 2 is 2.07 bits per heavy atom. The number of morpholine rings is 1. The summed E-state index contributed by atoms with van der Waals surface area (Å²) in [4.78, 5) is 27.2. The Bertz CT molecular complexity index is 652. The second-order valence-electron chi connectivity index (χ2n) is 7.92. The number of hydrogen-bond donors (Lipinski definition) is 2. The summed E-state index contributed by atoms with van der Waals surface area (Å²) in [6.07, 6.45) is 1.82. The van der Waals surface area contributed by atoms with Crippen molar-refractivity contribution in [1.29, 1.82) is 0 Å². The Morgan fingerprint density at radius 1 is 1.29 bits per heavy atom. The van der Waals surface area contributed by atoms with Crippen molar-refractivity contribution < 1.29 is 19.1 Å². The fourth-order valence-corrected chi connectivity index (χ4v) is 3.76. The standard InChI is InChI=1S/C21H31N3O4/c1-15(2)19(23-21(26)28-13-16-7-4-3-5-8-16)20(25)22-11-18-12-24-10-6-9-17(24)14-27-18/h3-5,7-8,15,17-19H,6,9-14H2,1-2H3,(H,22,25)(H,23,26)/t17?,18?,19-/m0/s1. The maximum absolute atomic E-state index is 12.6. The van der Waals surface area contributed by atoms with Crippen molar-refractivity contribution in [2.24, 2.45) is 5.92 Å². The molecule has 0 aliphatic carbocycles. The lowest BCUT2D eigenvalue weighted by molar-refractivity contribution is -0.125. The van der Waals surface area contributed by atoms with E-state index < -0.39 is 12.1 Å². The Hall–Kier alpha value is -2.12. The minimum Gasteiger partial charge on any atom is -0.445 e. The number of alkyl carbamates (subject to hydrolysis) is 1. The first-order valence-electron chi connectivity index (χ1n) is 10.1. The van der Waals surface area contributed by atoms with E-state index in [9.17, 15) is 9.59 Å². The molecule has 28 heavy (non-hydrogen) atoms. The molecule has 2 aliphatic rings. The zero-order chi connectivity index (χ0) is 19.9. The number of amides is 2. The molecule has 2 heterocycles. The lowest BCUT2D eigenvalue weighted by atomic mass is 10.0. The van der Waals surface area contributed by atoms with E-state index in [0.717, 1.165) is 25.3 Å². The fraction of sp³-hybridized carbons (Fsp3) is 0.619. The number of nitrogens with zero attached hydrogens (tertiary/aromatic N) is 1. The van der Waals surface area contributed by atoms with Gasteiger partial charge in [0.15, 0.2) is 0 Å². The fourth-order valence-electron chi connectivity index (χ4n) is 3.76. The van der Waals surface area contributed by atoms with E-state index >= 15 is 0 Å². The van der Waals surface area contributed by atoms with E-state index in [1.165, 1.54) is 12.8 Å². The normalized spacial score (nSPS) is 23.1. The van der Waals surface area contributed by atoms with Gasteiger partial charge in [-0.3, -0.25) is 9.69 Å². The molecule has 3 rings (SSSR count). The highest BCUT2D eigenvalue weighted by molar-refractivity contribution is 5.85. The number of carbonyl (C=O) groups excluding carboxylic acids is 2. The SMILES string of the molecule is CC(C)[C@H](NC(=O)OCc1ccccc1)C(=O)NCC1CN2CCCC2CO1. The molecule has 0 bridgehead atoms. The highest BCUT2D eigenvalue weighted by Gasteiger charge is 2.33. The highest BCUT2D eigenvalue weighted by Crippen LogP contribution is 2.22. The van der Waals surface area contributed by atoms with Crippen LogP contribution in [0.25, 0.3) is 0 Å². The van der Waals surface area contributed by atoms with Crippen molar-refractivity contribution in [3.05, 3.63) is 35.9 Å². The third-order valence-corrected chi connectivity index (χ3v) is 5.40. The summed E-state index contributed by atoms with van der Waals surface area (Å²) in [6, 6.07) is 9.34. The van der Waals surface area contributed by atoms with Crippen LogP contribution in [0.1, 0.15) is 32.3 Å². The summed E-state index contributed by atoms with van der Waals surface area (Å²) in [5.74, 6) is -0.265. The molecule has 2 N–H and O–H groups in total. The molecule has 3 atom stereocenters. The average molecular weight is 389 g/mol. The predicted octanol–water partition coefficient (Wildman–Crippen LogP) is 1.92. The Labute approximate surface area is 166 Å². The molecule has 0 aromatic heterocycles. The lowest BCUT2D eigenvalue weighted by Crippen LogP contribution is -2.54. The van der Waals surface area contributed by atoms with Gasteiger partial charge in [0.2, 0.25) is 5.91 Å². The van der Waals surface area contributed by atoms with Crippen LogP contribution in [0, 0.1) is 5.92 Å². The van der Waals surface area contributed by atoms with E-state index in [2.05, 4.69) is 15.5 Å². The minimum atomic E-state index is -0.647. The summed E-state index contributed by atoms with van der Waals surface area (Å²) < 4.78 is 11.1. The van der Waals surface area contributed by atoms with E-state index in [4.69, 9.17) is 9.47 Å². The van der Waals surface area contributed by atoms with E-state index in [1.54, 1.807) is 0 Å². The highest BCUT2D eigenvalue weighted by atomic mass is 16.5. The summed E-state index contributed by atoms with van der Waals surface area (Å²) >= 11 is 0. The topological polar surface area (TPSA) is 79.9 Å². The van der Waals surface area contributed by atoms with Gasteiger partial charge in [-0.1, -0.05) is 44.2 Å². The maximum Gasteiger partial charge on any atom is 0.408 e. The molecular formula is C21H31N3O4. The van der Waals surface area contributed by atoms with Crippen LogP contribution in [0.5, 0.6) is 0 Å². The third-order valence-electron chi connectivity index (χ3n) is 5.40. The van der Waals surface area contributed by atoms with Crippen LogP contribution in [0.3, 0.4) is 0 Å². The smallest absolute Gasteiger partial charge is 0.408 e. The van der Waals surface area contributed by atoms with Crippen LogP contribution in [-0.2, 0) is 20.9 Å². The van der Waals surface area contributed by atoms with Gasteiger partial charge in [-0.15, -0.1) is 0 Å². The number of fused-ring (bicyclic) bond motifs is 1. The molecule has 1 aromatic rings. The molecule has 0 spiro atoms. The van der Waals surface area contributed by atoms with Gasteiger partial charge in [-0.2, -0.15) is 0 Å². The van der Waals surface area contributed by atoms with Gasteiger partial charge in [-0.05, 0) is 30.9 Å². The van der Waals surface area contributed by atoms with Crippen LogP contribution < -0.4 is 10.6 Å². The summed E-state index contributed by atoms with van der Waals surface area (Å²) in [5.41, 5.74) is 0.901. The molecule has 2 unspecified atom stereocenters. The van der Waals surface area contributed by atoms with Crippen molar-refractivity contribution in [2.75, 3.05) is 26.2 Å². The van der Waals surface area contributed by atoms with E-state index in [-0.39, 0.29) is 24.5 Å². The van der Waals surface area contributed by atoms with Crippen LogP contribution in [0.2, 0.25) is 0 Å². The predicted molar refractivity (Wildman–Crippen MR) is 106 cm³/mol. The summed E-state index contributed by atoms with van der Waals surface area (Å²) in [5, 5.41) is 5.62. The number of hydrogen-bond acceptors (Lipinski definition) is 5. The molecule has 0 radical (unpaired) electrons. The van der Waals surface area contributed by atoms with Crippen LogP contribution in [-0.4, -0.2) is 61.3 Å². The molecule has 154 valence electrons. The van der Waals surface area contributed by atoms with Gasteiger partial charge in [0.05, 0.1) is 12.7 Å². The van der Waals surface area contributed by atoms with Gasteiger partial charge in [-0.25, -0.2) is 4.79 Å². The monoisotopic (exact) mass is 389 g/mol. The van der Waals surface area contributed by atoms with Crippen molar-refractivity contribution >= 4 is 12.0 Å². The zero-order valence-electron chi connectivity index (χ0n) is 16.7. The van der Waals surface area contributed by atoms with E-state index in [1.807, 2.05) is 44.2 Å². The van der Waals surface area contributed by atoms with Gasteiger partial charge in [0.1, 0.15) is 12.6 Å². The van der Waals surface area contributed by atoms with Gasteiger partial charge >= 0.3 is 6.09 Å². The number of rotatable bonds is 7. The number of nitrogens with one attached hydrogen (secondary N) is 2. The Balaban J connectivity index is 1.43. The van der Waals surface area contributed by atoms with Crippen LogP contribution >= 0.6 is 0 Å². The van der Waals surface area contributed by atoms with Crippen LogP contribution in [0.15, 0.2) is 30.3 Å². The molecule has 7 heteroatoms. The molecule has 2 saturated heterocycles. The van der Waals surface area contributed by atoms with Crippen molar-refractivity contribution in [3.8, 4) is 0 Å². The van der Waals surface area contributed by atoms with Crippen molar-refractivity contribution in [2.45, 2.75) is 51.5 Å². The van der Waals surface area contributed by atoms with Gasteiger partial charge < -0.3 is 20.1 Å². The second kappa shape index (κ2) is 9.89. The first-order chi connectivity index (χ1) is 13.5. The largest absolute Gasteiger partial charge is 0.445 e. The summed E-state index contributed by atoms with van der Waals surface area (Å²) in [7, 11) is 0. The second-order valence-corrected chi connectivity index (χ2v) is 7.92. The Kier molecular flexibility index (Phi) is 7.28. The first-order valence-corrected chi connectivity index (χ1v) is 10.1. The third kappa shape index (κ3) is 5.69. The number of benzene rings is 1.